The molecule has 2 N–H and O–H groups in total. The summed E-state index contributed by atoms with van der Waals surface area (Å²) in [7, 11) is -3.28. The van der Waals surface area contributed by atoms with Crippen LogP contribution in [0.2, 0.25) is 0 Å². The van der Waals surface area contributed by atoms with Gasteiger partial charge in [-0.05, 0) is 18.8 Å². The fourth-order valence-corrected chi connectivity index (χ4v) is 3.78. The molecule has 0 aromatic heterocycles. The maximum absolute atomic E-state index is 11.8. The molecule has 1 atom stereocenters. The molecular formula is C11H23ClN2O3S. The van der Waals surface area contributed by atoms with Gasteiger partial charge in [-0.15, -0.1) is 12.4 Å². The molecule has 1 saturated heterocycles. The zero-order valence-corrected chi connectivity index (χ0v) is 12.6. The monoisotopic (exact) mass is 298 g/mol. The van der Waals surface area contributed by atoms with Crippen molar-refractivity contribution in [2.24, 2.45) is 11.7 Å². The Labute approximate surface area is 115 Å². The minimum atomic E-state index is -3.28. The van der Waals surface area contributed by atoms with Crippen LogP contribution in [0.3, 0.4) is 0 Å². The van der Waals surface area contributed by atoms with Gasteiger partial charge >= 0.3 is 0 Å². The maximum Gasteiger partial charge on any atom is 0.237 e. The minimum absolute atomic E-state index is 0. The van der Waals surface area contributed by atoms with Gasteiger partial charge in [0.05, 0.1) is 5.75 Å². The standard InChI is InChI=1S/C11H22N2O3S.ClH/c1-9(2)7-17(15,16)8-11(14)13-5-3-4-10(12)6-13;/h9-10H,3-8,12H2,1-2H3;1H. The zero-order chi connectivity index (χ0) is 13.1. The highest BCUT2D eigenvalue weighted by Gasteiger charge is 2.25. The Morgan fingerprint density at radius 3 is 2.56 bits per heavy atom. The molecule has 0 spiro atoms. The minimum Gasteiger partial charge on any atom is -0.340 e. The van der Waals surface area contributed by atoms with Gasteiger partial charge in [-0.3, -0.25) is 4.79 Å². The van der Waals surface area contributed by atoms with Crippen molar-refractivity contribution in [2.75, 3.05) is 24.6 Å². The first kappa shape index (κ1) is 17.7. The Bertz CT molecular complexity index is 370. The van der Waals surface area contributed by atoms with Gasteiger partial charge in [0, 0.05) is 19.1 Å². The molecule has 1 fully saturated rings. The third kappa shape index (κ3) is 6.02. The number of sulfone groups is 1. The van der Waals surface area contributed by atoms with Gasteiger partial charge in [0.15, 0.2) is 9.84 Å². The van der Waals surface area contributed by atoms with Crippen LogP contribution in [0.4, 0.5) is 0 Å². The summed E-state index contributed by atoms with van der Waals surface area (Å²) < 4.78 is 23.4. The van der Waals surface area contributed by atoms with Crippen molar-refractivity contribution in [1.82, 2.24) is 4.90 Å². The molecule has 1 unspecified atom stereocenters. The van der Waals surface area contributed by atoms with Crippen LogP contribution >= 0.6 is 12.4 Å². The van der Waals surface area contributed by atoms with Gasteiger partial charge in [0.2, 0.25) is 5.91 Å². The summed E-state index contributed by atoms with van der Waals surface area (Å²) >= 11 is 0. The highest BCUT2D eigenvalue weighted by molar-refractivity contribution is 7.92. The summed E-state index contributed by atoms with van der Waals surface area (Å²) in [5.74, 6) is -0.562. The Morgan fingerprint density at radius 2 is 2.06 bits per heavy atom. The van der Waals surface area contributed by atoms with Crippen molar-refractivity contribution >= 4 is 28.2 Å². The van der Waals surface area contributed by atoms with Crippen LogP contribution in [0.15, 0.2) is 0 Å². The molecule has 1 rings (SSSR count). The van der Waals surface area contributed by atoms with Crippen molar-refractivity contribution < 1.29 is 13.2 Å². The average Bonchev–Trinajstić information content (AvgIpc) is 2.14. The summed E-state index contributed by atoms with van der Waals surface area (Å²) in [5, 5.41) is 0. The van der Waals surface area contributed by atoms with E-state index >= 15 is 0 Å². The van der Waals surface area contributed by atoms with Crippen LogP contribution in [-0.4, -0.2) is 49.9 Å². The van der Waals surface area contributed by atoms with Crippen LogP contribution in [0.1, 0.15) is 26.7 Å². The Hall–Kier alpha value is -0.330. The van der Waals surface area contributed by atoms with E-state index in [1.54, 1.807) is 4.90 Å². The molecule has 1 amide bonds. The van der Waals surface area contributed by atoms with E-state index in [1.165, 1.54) is 0 Å². The number of nitrogens with zero attached hydrogens (tertiary/aromatic N) is 1. The number of likely N-dealkylation sites (tertiary alicyclic amines) is 1. The smallest absolute Gasteiger partial charge is 0.237 e. The summed E-state index contributed by atoms with van der Waals surface area (Å²) in [6.07, 6.45) is 1.76. The first-order chi connectivity index (χ1) is 7.80. The summed E-state index contributed by atoms with van der Waals surface area (Å²) in [6.45, 7) is 4.78. The molecule has 5 nitrogen and oxygen atoms in total. The molecule has 0 aromatic rings. The van der Waals surface area contributed by atoms with E-state index in [0.717, 1.165) is 12.8 Å². The average molecular weight is 299 g/mol. The molecule has 0 bridgehead atoms. The number of halogens is 1. The highest BCUT2D eigenvalue weighted by Crippen LogP contribution is 2.10. The molecule has 1 aliphatic rings. The Balaban J connectivity index is 0.00000289. The Kier molecular flexibility index (Phi) is 7.17. The van der Waals surface area contributed by atoms with Gasteiger partial charge < -0.3 is 10.6 Å². The lowest BCUT2D eigenvalue weighted by Gasteiger charge is -2.30. The second-order valence-corrected chi connectivity index (χ2v) is 7.30. The van der Waals surface area contributed by atoms with E-state index in [-0.39, 0.29) is 41.8 Å². The van der Waals surface area contributed by atoms with E-state index in [0.29, 0.717) is 13.1 Å². The summed E-state index contributed by atoms with van der Waals surface area (Å²) in [4.78, 5) is 13.4. The van der Waals surface area contributed by atoms with Crippen LogP contribution in [0.5, 0.6) is 0 Å². The predicted octanol–water partition coefficient (Wildman–Crippen LogP) is 0.429. The highest BCUT2D eigenvalue weighted by atomic mass is 35.5. The number of hydrogen-bond acceptors (Lipinski definition) is 4. The third-order valence-electron chi connectivity index (χ3n) is 2.74. The van der Waals surface area contributed by atoms with Crippen molar-refractivity contribution in [3.63, 3.8) is 0 Å². The van der Waals surface area contributed by atoms with Gasteiger partial charge in [0.25, 0.3) is 0 Å². The molecule has 1 heterocycles. The molecule has 108 valence electrons. The lowest BCUT2D eigenvalue weighted by atomic mass is 10.1. The maximum atomic E-state index is 11.8. The molecule has 0 saturated carbocycles. The topological polar surface area (TPSA) is 80.5 Å². The van der Waals surface area contributed by atoms with Crippen LogP contribution < -0.4 is 5.73 Å². The molecule has 0 radical (unpaired) electrons. The molecule has 0 aliphatic carbocycles. The fraction of sp³-hybridized carbons (Fsp3) is 0.909. The quantitative estimate of drug-likeness (QED) is 0.816. The molecule has 7 heteroatoms. The van der Waals surface area contributed by atoms with Crippen molar-refractivity contribution in [3.8, 4) is 0 Å². The number of piperidine rings is 1. The number of amides is 1. The van der Waals surface area contributed by atoms with Crippen LogP contribution in [0, 0.1) is 5.92 Å². The fourth-order valence-electron chi connectivity index (χ4n) is 2.08. The molecule has 18 heavy (non-hydrogen) atoms. The van der Waals surface area contributed by atoms with Gasteiger partial charge in [-0.2, -0.15) is 0 Å². The SMILES string of the molecule is CC(C)CS(=O)(=O)CC(=O)N1CCCC(N)C1.Cl. The van der Waals surface area contributed by atoms with E-state index in [1.807, 2.05) is 13.8 Å². The van der Waals surface area contributed by atoms with E-state index in [9.17, 15) is 13.2 Å². The van der Waals surface area contributed by atoms with Gasteiger partial charge in [-0.25, -0.2) is 8.42 Å². The zero-order valence-electron chi connectivity index (χ0n) is 11.0. The first-order valence-electron chi connectivity index (χ1n) is 6.04. The van der Waals surface area contributed by atoms with Crippen LogP contribution in [0.25, 0.3) is 0 Å². The van der Waals surface area contributed by atoms with E-state index in [2.05, 4.69) is 0 Å². The van der Waals surface area contributed by atoms with Gasteiger partial charge in [-0.1, -0.05) is 13.8 Å². The van der Waals surface area contributed by atoms with Crippen LogP contribution in [-0.2, 0) is 14.6 Å². The van der Waals surface area contributed by atoms with E-state index < -0.39 is 9.84 Å². The third-order valence-corrected chi connectivity index (χ3v) is 4.60. The summed E-state index contributed by atoms with van der Waals surface area (Å²) in [6, 6.07) is -0.0134. The largest absolute Gasteiger partial charge is 0.340 e. The lowest BCUT2D eigenvalue weighted by molar-refractivity contribution is -0.129. The predicted molar refractivity (Wildman–Crippen MR) is 74.5 cm³/mol. The normalized spacial score (nSPS) is 20.7. The van der Waals surface area contributed by atoms with Crippen molar-refractivity contribution in [1.29, 1.82) is 0 Å². The van der Waals surface area contributed by atoms with E-state index in [4.69, 9.17) is 5.73 Å². The second-order valence-electron chi connectivity index (χ2n) is 5.19. The number of carbonyl (C=O) groups is 1. The lowest BCUT2D eigenvalue weighted by Crippen LogP contribution is -2.47. The van der Waals surface area contributed by atoms with Gasteiger partial charge in [0.1, 0.15) is 5.75 Å². The second kappa shape index (κ2) is 7.31. The summed E-state index contributed by atoms with van der Waals surface area (Å²) in [5.41, 5.74) is 5.76. The molecule has 0 aromatic carbocycles. The number of hydrogen-bond donors (Lipinski definition) is 1. The molecular weight excluding hydrogens is 276 g/mol. The first-order valence-corrected chi connectivity index (χ1v) is 7.86. The van der Waals surface area contributed by atoms with Crippen molar-refractivity contribution in [2.45, 2.75) is 32.7 Å². The number of nitrogens with two attached hydrogens (primary N) is 1. The van der Waals surface area contributed by atoms with Crippen molar-refractivity contribution in [3.05, 3.63) is 0 Å². The molecule has 1 aliphatic heterocycles. The number of carbonyl (C=O) groups excluding carboxylic acids is 1. The number of rotatable bonds is 4. The Morgan fingerprint density at radius 1 is 1.44 bits per heavy atom.